The van der Waals surface area contributed by atoms with Crippen LogP contribution in [0.1, 0.15) is 42.1 Å². The minimum atomic E-state index is -0.803. The van der Waals surface area contributed by atoms with Crippen LogP contribution in [0.15, 0.2) is 18.2 Å². The SMILES string of the molecule is CCCC1(C(=O)O)CCN(C(=O)c2cc(Cl)ccc2C)C1. The predicted octanol–water partition coefficient (Wildman–Crippen LogP) is 3.37. The summed E-state index contributed by atoms with van der Waals surface area (Å²) in [6.45, 7) is 4.59. The summed E-state index contributed by atoms with van der Waals surface area (Å²) in [5.41, 5.74) is 0.615. The maximum absolute atomic E-state index is 12.6. The number of hydrogen-bond donors (Lipinski definition) is 1. The fourth-order valence-corrected chi connectivity index (χ4v) is 3.18. The third kappa shape index (κ3) is 3.05. The van der Waals surface area contributed by atoms with Crippen LogP contribution in [0.5, 0.6) is 0 Å². The van der Waals surface area contributed by atoms with Crippen LogP contribution in [0, 0.1) is 12.3 Å². The Morgan fingerprint density at radius 3 is 2.76 bits per heavy atom. The third-order valence-electron chi connectivity index (χ3n) is 4.25. The van der Waals surface area contributed by atoms with Crippen LogP contribution in [-0.2, 0) is 4.79 Å². The summed E-state index contributed by atoms with van der Waals surface area (Å²) >= 11 is 5.96. The highest BCUT2D eigenvalue weighted by Crippen LogP contribution is 2.36. The van der Waals surface area contributed by atoms with Crippen LogP contribution >= 0.6 is 11.6 Å². The molecule has 1 fully saturated rings. The number of amides is 1. The topological polar surface area (TPSA) is 57.6 Å². The summed E-state index contributed by atoms with van der Waals surface area (Å²) in [6.07, 6.45) is 1.91. The largest absolute Gasteiger partial charge is 0.481 e. The third-order valence-corrected chi connectivity index (χ3v) is 4.49. The first-order valence-electron chi connectivity index (χ1n) is 7.18. The summed E-state index contributed by atoms with van der Waals surface area (Å²) in [4.78, 5) is 25.8. The molecule has 1 atom stereocenters. The minimum Gasteiger partial charge on any atom is -0.481 e. The molecule has 1 aromatic carbocycles. The molecule has 0 aromatic heterocycles. The second kappa shape index (κ2) is 6.06. The van der Waals surface area contributed by atoms with Gasteiger partial charge in [-0.05, 0) is 37.5 Å². The molecule has 0 aliphatic carbocycles. The van der Waals surface area contributed by atoms with Crippen LogP contribution in [0.25, 0.3) is 0 Å². The van der Waals surface area contributed by atoms with Gasteiger partial charge in [0, 0.05) is 23.7 Å². The highest BCUT2D eigenvalue weighted by atomic mass is 35.5. The molecule has 4 nitrogen and oxygen atoms in total. The molecular weight excluding hydrogens is 290 g/mol. The Morgan fingerprint density at radius 1 is 1.43 bits per heavy atom. The van der Waals surface area contributed by atoms with E-state index in [1.165, 1.54) is 0 Å². The fourth-order valence-electron chi connectivity index (χ4n) is 3.00. The summed E-state index contributed by atoms with van der Waals surface area (Å²) < 4.78 is 0. The molecule has 5 heteroatoms. The average molecular weight is 310 g/mol. The number of hydrogen-bond acceptors (Lipinski definition) is 2. The van der Waals surface area contributed by atoms with Crippen molar-refractivity contribution < 1.29 is 14.7 Å². The van der Waals surface area contributed by atoms with E-state index in [4.69, 9.17) is 11.6 Å². The second-order valence-electron chi connectivity index (χ2n) is 5.77. The van der Waals surface area contributed by atoms with E-state index in [9.17, 15) is 14.7 Å². The van der Waals surface area contributed by atoms with Gasteiger partial charge < -0.3 is 10.0 Å². The van der Waals surface area contributed by atoms with Crippen molar-refractivity contribution in [3.05, 3.63) is 34.3 Å². The molecule has 1 heterocycles. The van der Waals surface area contributed by atoms with Gasteiger partial charge in [0.1, 0.15) is 0 Å². The molecule has 1 saturated heterocycles. The van der Waals surface area contributed by atoms with Crippen LogP contribution in [-0.4, -0.2) is 35.0 Å². The first-order valence-corrected chi connectivity index (χ1v) is 7.56. The lowest BCUT2D eigenvalue weighted by atomic mass is 9.83. The zero-order valence-corrected chi connectivity index (χ0v) is 13.1. The Labute approximate surface area is 129 Å². The lowest BCUT2D eigenvalue weighted by Crippen LogP contribution is -2.37. The highest BCUT2D eigenvalue weighted by molar-refractivity contribution is 6.31. The predicted molar refractivity (Wildman–Crippen MR) is 81.7 cm³/mol. The molecule has 1 unspecified atom stereocenters. The van der Waals surface area contributed by atoms with Crippen molar-refractivity contribution in [3.8, 4) is 0 Å². The molecule has 21 heavy (non-hydrogen) atoms. The monoisotopic (exact) mass is 309 g/mol. The van der Waals surface area contributed by atoms with Gasteiger partial charge in [-0.15, -0.1) is 0 Å². The van der Waals surface area contributed by atoms with Crippen molar-refractivity contribution in [3.63, 3.8) is 0 Å². The van der Waals surface area contributed by atoms with Crippen molar-refractivity contribution in [2.75, 3.05) is 13.1 Å². The number of aliphatic carboxylic acids is 1. The molecule has 0 spiro atoms. The van der Waals surface area contributed by atoms with Crippen molar-refractivity contribution in [1.82, 2.24) is 4.90 Å². The maximum atomic E-state index is 12.6. The Hall–Kier alpha value is -1.55. The average Bonchev–Trinajstić information content (AvgIpc) is 2.87. The number of halogens is 1. The molecule has 1 N–H and O–H groups in total. The Kier molecular flexibility index (Phi) is 4.57. The van der Waals surface area contributed by atoms with Crippen molar-refractivity contribution in [2.45, 2.75) is 33.1 Å². The molecule has 0 radical (unpaired) electrons. The summed E-state index contributed by atoms with van der Waals surface area (Å²) in [5, 5.41) is 10.0. The standard InChI is InChI=1S/C16H20ClNO3/c1-3-6-16(15(20)21)7-8-18(10-16)14(19)13-9-12(17)5-4-11(13)2/h4-5,9H,3,6-8,10H2,1-2H3,(H,20,21). The molecular formula is C16H20ClNO3. The van der Waals surface area contributed by atoms with E-state index in [0.717, 1.165) is 12.0 Å². The second-order valence-corrected chi connectivity index (χ2v) is 6.21. The number of carboxylic acids is 1. The Morgan fingerprint density at radius 2 is 2.14 bits per heavy atom. The van der Waals surface area contributed by atoms with E-state index in [2.05, 4.69) is 0 Å². The fraction of sp³-hybridized carbons (Fsp3) is 0.500. The van der Waals surface area contributed by atoms with Gasteiger partial charge in [0.05, 0.1) is 5.41 Å². The van der Waals surface area contributed by atoms with E-state index in [1.54, 1.807) is 17.0 Å². The van der Waals surface area contributed by atoms with Crippen molar-refractivity contribution >= 4 is 23.5 Å². The van der Waals surface area contributed by atoms with Gasteiger partial charge in [-0.2, -0.15) is 0 Å². The zero-order chi connectivity index (χ0) is 15.6. The van der Waals surface area contributed by atoms with Gasteiger partial charge in [0.25, 0.3) is 5.91 Å². The van der Waals surface area contributed by atoms with Crippen LogP contribution in [0.3, 0.4) is 0 Å². The van der Waals surface area contributed by atoms with Crippen molar-refractivity contribution in [1.29, 1.82) is 0 Å². The number of carbonyl (C=O) groups is 2. The molecule has 1 aromatic rings. The highest BCUT2D eigenvalue weighted by Gasteiger charge is 2.45. The van der Waals surface area contributed by atoms with Crippen LogP contribution in [0.4, 0.5) is 0 Å². The summed E-state index contributed by atoms with van der Waals surface area (Å²) in [5.74, 6) is -0.934. The number of carboxylic acid groups (broad SMARTS) is 1. The van der Waals surface area contributed by atoms with Gasteiger partial charge in [0.2, 0.25) is 0 Å². The van der Waals surface area contributed by atoms with E-state index in [-0.39, 0.29) is 12.5 Å². The Balaban J connectivity index is 2.22. The van der Waals surface area contributed by atoms with Gasteiger partial charge in [-0.1, -0.05) is 31.0 Å². The van der Waals surface area contributed by atoms with E-state index in [1.807, 2.05) is 19.9 Å². The molecule has 0 saturated carbocycles. The van der Waals surface area contributed by atoms with Gasteiger partial charge >= 0.3 is 5.97 Å². The van der Waals surface area contributed by atoms with Crippen LogP contribution < -0.4 is 0 Å². The number of rotatable bonds is 4. The van der Waals surface area contributed by atoms with Gasteiger partial charge in [0.15, 0.2) is 0 Å². The van der Waals surface area contributed by atoms with E-state index in [0.29, 0.717) is 30.0 Å². The van der Waals surface area contributed by atoms with E-state index >= 15 is 0 Å². The summed E-state index contributed by atoms with van der Waals surface area (Å²) in [6, 6.07) is 5.21. The smallest absolute Gasteiger partial charge is 0.311 e. The molecule has 0 bridgehead atoms. The number of benzene rings is 1. The van der Waals surface area contributed by atoms with Crippen LogP contribution in [0.2, 0.25) is 5.02 Å². The zero-order valence-electron chi connectivity index (χ0n) is 12.4. The lowest BCUT2D eigenvalue weighted by molar-refractivity contribution is -0.148. The summed E-state index contributed by atoms with van der Waals surface area (Å²) in [7, 11) is 0. The number of likely N-dealkylation sites (tertiary alicyclic amines) is 1. The number of nitrogens with zero attached hydrogens (tertiary/aromatic N) is 1. The molecule has 1 aliphatic rings. The van der Waals surface area contributed by atoms with E-state index < -0.39 is 11.4 Å². The van der Waals surface area contributed by atoms with Gasteiger partial charge in [-0.25, -0.2) is 0 Å². The maximum Gasteiger partial charge on any atom is 0.311 e. The van der Waals surface area contributed by atoms with Crippen molar-refractivity contribution in [2.24, 2.45) is 5.41 Å². The number of carbonyl (C=O) groups excluding carboxylic acids is 1. The minimum absolute atomic E-state index is 0.130. The lowest BCUT2D eigenvalue weighted by Gasteiger charge is -2.24. The Bertz CT molecular complexity index is 573. The molecule has 1 aliphatic heterocycles. The van der Waals surface area contributed by atoms with Gasteiger partial charge in [-0.3, -0.25) is 9.59 Å². The molecule has 114 valence electrons. The molecule has 1 amide bonds. The molecule has 2 rings (SSSR count). The first-order chi connectivity index (χ1) is 9.89. The normalized spacial score (nSPS) is 21.6. The quantitative estimate of drug-likeness (QED) is 0.927. The first kappa shape index (κ1) is 15.8. The number of aryl methyl sites for hydroxylation is 1.